The number of hydrogen-bond donors (Lipinski definition) is 0. The van der Waals surface area contributed by atoms with E-state index in [1.54, 1.807) is 56.6 Å². The summed E-state index contributed by atoms with van der Waals surface area (Å²) in [6.45, 7) is 0.161. The topological polar surface area (TPSA) is 77.7 Å². The van der Waals surface area contributed by atoms with Gasteiger partial charge >= 0.3 is 0 Å². The number of benzene rings is 2. The minimum absolute atomic E-state index is 0.161. The van der Waals surface area contributed by atoms with E-state index in [4.69, 9.17) is 25.6 Å². The van der Waals surface area contributed by atoms with Gasteiger partial charge < -0.3 is 18.9 Å². The van der Waals surface area contributed by atoms with Gasteiger partial charge in [-0.1, -0.05) is 16.8 Å². The standard InChI is InChI=1S/C19H18ClN3O4/c1-23(19(24)15-9-8-14(25-2)10-16(15)26-3)11-17-21-18(22-27-17)12-4-6-13(20)7-5-12/h4-10H,11H2,1-3H3. The molecule has 0 saturated heterocycles. The van der Waals surface area contributed by atoms with Crippen molar-refractivity contribution in [3.8, 4) is 22.9 Å². The normalized spacial score (nSPS) is 10.5. The molecule has 0 saturated carbocycles. The van der Waals surface area contributed by atoms with E-state index in [2.05, 4.69) is 10.1 Å². The number of methoxy groups -OCH3 is 2. The fraction of sp³-hybridized carbons (Fsp3) is 0.211. The highest BCUT2D eigenvalue weighted by Crippen LogP contribution is 2.26. The molecule has 27 heavy (non-hydrogen) atoms. The van der Waals surface area contributed by atoms with E-state index in [1.165, 1.54) is 12.0 Å². The maximum absolute atomic E-state index is 12.7. The predicted octanol–water partition coefficient (Wildman–Crippen LogP) is 3.68. The molecule has 0 radical (unpaired) electrons. The van der Waals surface area contributed by atoms with Crippen LogP contribution in [0.15, 0.2) is 47.0 Å². The van der Waals surface area contributed by atoms with Crippen molar-refractivity contribution >= 4 is 17.5 Å². The molecule has 0 atom stereocenters. The molecule has 0 N–H and O–H groups in total. The van der Waals surface area contributed by atoms with Crippen molar-refractivity contribution in [3.05, 3.63) is 58.9 Å². The molecule has 3 aromatic rings. The Morgan fingerprint density at radius 3 is 2.56 bits per heavy atom. The van der Waals surface area contributed by atoms with E-state index in [-0.39, 0.29) is 12.5 Å². The number of carbonyl (C=O) groups excluding carboxylic acids is 1. The Hall–Kier alpha value is -3.06. The molecule has 1 heterocycles. The van der Waals surface area contributed by atoms with Crippen LogP contribution >= 0.6 is 11.6 Å². The number of amides is 1. The summed E-state index contributed by atoms with van der Waals surface area (Å²) < 4.78 is 15.7. The van der Waals surface area contributed by atoms with Gasteiger partial charge in [0.25, 0.3) is 5.91 Å². The Labute approximate surface area is 161 Å². The Morgan fingerprint density at radius 2 is 1.89 bits per heavy atom. The first kappa shape index (κ1) is 18.7. The van der Waals surface area contributed by atoms with Gasteiger partial charge in [-0.2, -0.15) is 4.98 Å². The highest BCUT2D eigenvalue weighted by Gasteiger charge is 2.20. The predicted molar refractivity (Wildman–Crippen MR) is 100 cm³/mol. The lowest BCUT2D eigenvalue weighted by Gasteiger charge is -2.17. The second-order valence-electron chi connectivity index (χ2n) is 5.75. The number of hydrogen-bond acceptors (Lipinski definition) is 6. The molecule has 140 valence electrons. The first-order valence-corrected chi connectivity index (χ1v) is 8.45. The molecule has 1 amide bonds. The van der Waals surface area contributed by atoms with Gasteiger partial charge in [-0.15, -0.1) is 0 Å². The third kappa shape index (κ3) is 4.20. The Bertz CT molecular complexity index is 940. The number of halogens is 1. The largest absolute Gasteiger partial charge is 0.497 e. The number of rotatable bonds is 6. The molecule has 0 spiro atoms. The van der Waals surface area contributed by atoms with Gasteiger partial charge in [0.05, 0.1) is 19.8 Å². The Kier molecular flexibility index (Phi) is 5.61. The summed E-state index contributed by atoms with van der Waals surface area (Å²) in [6.07, 6.45) is 0. The van der Waals surface area contributed by atoms with Gasteiger partial charge in [-0.3, -0.25) is 4.79 Å². The van der Waals surface area contributed by atoms with Crippen molar-refractivity contribution in [2.24, 2.45) is 0 Å². The minimum atomic E-state index is -0.235. The lowest BCUT2D eigenvalue weighted by molar-refractivity contribution is 0.0766. The summed E-state index contributed by atoms with van der Waals surface area (Å²) in [5, 5.41) is 4.58. The minimum Gasteiger partial charge on any atom is -0.497 e. The van der Waals surface area contributed by atoms with Gasteiger partial charge in [0.15, 0.2) is 0 Å². The maximum Gasteiger partial charge on any atom is 0.257 e. The third-order valence-corrected chi connectivity index (χ3v) is 4.18. The van der Waals surface area contributed by atoms with E-state index in [0.29, 0.717) is 33.8 Å². The molecule has 0 aliphatic heterocycles. The smallest absolute Gasteiger partial charge is 0.257 e. The fourth-order valence-electron chi connectivity index (χ4n) is 2.49. The summed E-state index contributed by atoms with van der Waals surface area (Å²) in [6, 6.07) is 12.1. The number of nitrogens with zero attached hydrogens (tertiary/aromatic N) is 3. The summed E-state index contributed by atoms with van der Waals surface area (Å²) in [7, 11) is 4.70. The molecule has 0 unspecified atom stereocenters. The van der Waals surface area contributed by atoms with Gasteiger partial charge in [-0.25, -0.2) is 0 Å². The zero-order valence-electron chi connectivity index (χ0n) is 15.1. The molecule has 0 aliphatic rings. The van der Waals surface area contributed by atoms with Gasteiger partial charge in [0.2, 0.25) is 11.7 Å². The van der Waals surface area contributed by atoms with Crippen molar-refractivity contribution in [1.82, 2.24) is 15.0 Å². The van der Waals surface area contributed by atoms with Crippen molar-refractivity contribution < 1.29 is 18.8 Å². The maximum atomic E-state index is 12.7. The second kappa shape index (κ2) is 8.09. The summed E-state index contributed by atoms with van der Waals surface area (Å²) >= 11 is 5.88. The summed E-state index contributed by atoms with van der Waals surface area (Å²) in [5.74, 6) is 1.56. The Morgan fingerprint density at radius 1 is 1.15 bits per heavy atom. The van der Waals surface area contributed by atoms with Crippen LogP contribution in [0.3, 0.4) is 0 Å². The molecule has 0 bridgehead atoms. The first-order chi connectivity index (χ1) is 13.0. The number of ether oxygens (including phenoxy) is 2. The van der Waals surface area contributed by atoms with Crippen LogP contribution in [0.1, 0.15) is 16.2 Å². The highest BCUT2D eigenvalue weighted by atomic mass is 35.5. The number of carbonyl (C=O) groups is 1. The van der Waals surface area contributed by atoms with Crippen LogP contribution in [0.5, 0.6) is 11.5 Å². The van der Waals surface area contributed by atoms with Gasteiger partial charge in [-0.05, 0) is 36.4 Å². The average molecular weight is 388 g/mol. The molecule has 3 rings (SSSR count). The van der Waals surface area contributed by atoms with E-state index in [0.717, 1.165) is 5.56 Å². The summed E-state index contributed by atoms with van der Waals surface area (Å²) in [4.78, 5) is 18.5. The average Bonchev–Trinajstić information content (AvgIpc) is 3.15. The lowest BCUT2D eigenvalue weighted by atomic mass is 10.1. The SMILES string of the molecule is COc1ccc(C(=O)N(C)Cc2nc(-c3ccc(Cl)cc3)no2)c(OC)c1. The molecule has 8 heteroatoms. The molecular formula is C19H18ClN3O4. The molecule has 0 fully saturated rings. The zero-order chi connectivity index (χ0) is 19.4. The first-order valence-electron chi connectivity index (χ1n) is 8.08. The van der Waals surface area contributed by atoms with Crippen LogP contribution in [-0.2, 0) is 6.54 Å². The molecule has 1 aromatic heterocycles. The van der Waals surface area contributed by atoms with Crippen molar-refractivity contribution in [3.63, 3.8) is 0 Å². The second-order valence-corrected chi connectivity index (χ2v) is 6.18. The van der Waals surface area contributed by atoms with E-state index >= 15 is 0 Å². The van der Waals surface area contributed by atoms with Crippen LogP contribution < -0.4 is 9.47 Å². The molecule has 7 nitrogen and oxygen atoms in total. The molecular weight excluding hydrogens is 370 g/mol. The summed E-state index contributed by atoms with van der Waals surface area (Å²) in [5.41, 5.74) is 1.19. The Balaban J connectivity index is 1.75. The van der Waals surface area contributed by atoms with E-state index in [1.807, 2.05) is 0 Å². The molecule has 0 aliphatic carbocycles. The fourth-order valence-corrected chi connectivity index (χ4v) is 2.62. The molecule has 2 aromatic carbocycles. The van der Waals surface area contributed by atoms with Crippen molar-refractivity contribution in [2.45, 2.75) is 6.54 Å². The van der Waals surface area contributed by atoms with Crippen molar-refractivity contribution in [2.75, 3.05) is 21.3 Å². The van der Waals surface area contributed by atoms with Crippen LogP contribution in [0.4, 0.5) is 0 Å². The zero-order valence-corrected chi connectivity index (χ0v) is 15.9. The highest BCUT2D eigenvalue weighted by molar-refractivity contribution is 6.30. The van der Waals surface area contributed by atoms with Gasteiger partial charge in [0.1, 0.15) is 18.0 Å². The van der Waals surface area contributed by atoms with Crippen LogP contribution in [0, 0.1) is 0 Å². The quantitative estimate of drug-likeness (QED) is 0.642. The van der Waals surface area contributed by atoms with Crippen LogP contribution in [-0.4, -0.2) is 42.2 Å². The lowest BCUT2D eigenvalue weighted by Crippen LogP contribution is -2.26. The van der Waals surface area contributed by atoms with Crippen LogP contribution in [0.25, 0.3) is 11.4 Å². The van der Waals surface area contributed by atoms with E-state index < -0.39 is 0 Å². The third-order valence-electron chi connectivity index (χ3n) is 3.93. The monoisotopic (exact) mass is 387 g/mol. The van der Waals surface area contributed by atoms with Crippen molar-refractivity contribution in [1.29, 1.82) is 0 Å². The van der Waals surface area contributed by atoms with Crippen LogP contribution in [0.2, 0.25) is 5.02 Å². The van der Waals surface area contributed by atoms with Gasteiger partial charge in [0, 0.05) is 23.7 Å². The number of aromatic nitrogens is 2. The van der Waals surface area contributed by atoms with E-state index in [9.17, 15) is 4.79 Å².